The molecule has 1 fully saturated rings. The number of rotatable bonds is 11. The molecule has 34 heavy (non-hydrogen) atoms. The average Bonchev–Trinajstić information content (AvgIpc) is 2.81. The van der Waals surface area contributed by atoms with E-state index in [-0.39, 0.29) is 18.8 Å². The molecule has 2 aromatic carbocycles. The van der Waals surface area contributed by atoms with Gasteiger partial charge in [0.15, 0.2) is 23.0 Å². The van der Waals surface area contributed by atoms with Crippen LogP contribution in [0.3, 0.4) is 0 Å². The first-order valence-corrected chi connectivity index (χ1v) is 10.6. The van der Waals surface area contributed by atoms with Crippen molar-refractivity contribution in [2.45, 2.75) is 13.3 Å². The molecule has 3 rings (SSSR count). The van der Waals surface area contributed by atoms with Gasteiger partial charge in [-0.05, 0) is 54.8 Å². The summed E-state index contributed by atoms with van der Waals surface area (Å²) < 4.78 is 22.7. The number of barbiturate groups is 1. The minimum atomic E-state index is -0.849. The van der Waals surface area contributed by atoms with E-state index in [0.717, 1.165) is 12.0 Å². The lowest BCUT2D eigenvalue weighted by Crippen LogP contribution is -2.51. The van der Waals surface area contributed by atoms with Gasteiger partial charge in [0.2, 0.25) is 0 Å². The molecule has 0 spiro atoms. The van der Waals surface area contributed by atoms with Crippen molar-refractivity contribution >= 4 is 23.9 Å². The van der Waals surface area contributed by atoms with Crippen molar-refractivity contribution in [3.8, 4) is 23.0 Å². The lowest BCUT2D eigenvalue weighted by molar-refractivity contribution is -0.123. The highest BCUT2D eigenvalue weighted by Gasteiger charge is 2.27. The molecule has 0 unspecified atom stereocenters. The van der Waals surface area contributed by atoms with Gasteiger partial charge in [0.1, 0.15) is 18.8 Å². The molecule has 9 heteroatoms. The van der Waals surface area contributed by atoms with E-state index in [0.29, 0.717) is 35.2 Å². The summed E-state index contributed by atoms with van der Waals surface area (Å²) in [7, 11) is 1.58. The molecule has 0 aliphatic carbocycles. The molecule has 1 aliphatic heterocycles. The fourth-order valence-corrected chi connectivity index (χ4v) is 3.20. The first-order chi connectivity index (χ1) is 16.4. The smallest absolute Gasteiger partial charge is 0.328 e. The van der Waals surface area contributed by atoms with Crippen LogP contribution in [0.4, 0.5) is 4.79 Å². The van der Waals surface area contributed by atoms with E-state index in [1.807, 2.05) is 41.8 Å². The minimum Gasteiger partial charge on any atom is -0.493 e. The Morgan fingerprint density at radius 3 is 2.12 bits per heavy atom. The molecule has 1 saturated heterocycles. The number of carbonyl (C=O) groups is 3. The number of carbonyl (C=O) groups excluding carboxylic acids is 3. The van der Waals surface area contributed by atoms with Crippen molar-refractivity contribution < 1.29 is 33.3 Å². The highest BCUT2D eigenvalue weighted by Crippen LogP contribution is 2.31. The van der Waals surface area contributed by atoms with Crippen LogP contribution in [0, 0.1) is 0 Å². The van der Waals surface area contributed by atoms with Crippen molar-refractivity contribution in [2.75, 3.05) is 26.9 Å². The van der Waals surface area contributed by atoms with Gasteiger partial charge in [-0.25, -0.2) is 4.79 Å². The number of imide groups is 2. The van der Waals surface area contributed by atoms with E-state index >= 15 is 0 Å². The summed E-state index contributed by atoms with van der Waals surface area (Å²) in [5.41, 5.74) is 1.42. The fourth-order valence-electron chi connectivity index (χ4n) is 3.20. The van der Waals surface area contributed by atoms with Crippen LogP contribution < -0.4 is 29.6 Å². The second-order valence-corrected chi connectivity index (χ2v) is 7.11. The number of methoxy groups -OCH3 is 1. The van der Waals surface area contributed by atoms with Gasteiger partial charge in [-0.2, -0.15) is 0 Å². The summed E-state index contributed by atoms with van der Waals surface area (Å²) in [5, 5.41) is 4.07. The summed E-state index contributed by atoms with van der Waals surface area (Å²) in [6.45, 7) is 6.46. The molecule has 2 N–H and O–H groups in total. The maximum absolute atomic E-state index is 11.9. The molecule has 9 nitrogen and oxygen atoms in total. The number of ether oxygens (including phenoxy) is 4. The summed E-state index contributed by atoms with van der Waals surface area (Å²) in [4.78, 5) is 35.1. The number of amides is 4. The van der Waals surface area contributed by atoms with E-state index < -0.39 is 17.8 Å². The predicted molar refractivity (Wildman–Crippen MR) is 125 cm³/mol. The van der Waals surface area contributed by atoms with E-state index in [1.54, 1.807) is 25.3 Å². The van der Waals surface area contributed by atoms with Crippen LogP contribution in [0.25, 0.3) is 6.08 Å². The second-order valence-electron chi connectivity index (χ2n) is 7.11. The normalized spacial score (nSPS) is 13.0. The van der Waals surface area contributed by atoms with Gasteiger partial charge in [-0.1, -0.05) is 18.2 Å². The molecule has 0 saturated carbocycles. The molecule has 0 radical (unpaired) electrons. The fraction of sp³-hybridized carbons (Fsp3) is 0.240. The third-order valence-electron chi connectivity index (χ3n) is 4.73. The third-order valence-corrected chi connectivity index (χ3v) is 4.73. The lowest BCUT2D eigenvalue weighted by atomic mass is 10.1. The van der Waals surface area contributed by atoms with Crippen LogP contribution >= 0.6 is 0 Å². The van der Waals surface area contributed by atoms with Crippen molar-refractivity contribution in [3.63, 3.8) is 0 Å². The van der Waals surface area contributed by atoms with Crippen molar-refractivity contribution in [1.82, 2.24) is 10.6 Å². The largest absolute Gasteiger partial charge is 0.493 e. The van der Waals surface area contributed by atoms with E-state index in [4.69, 9.17) is 18.9 Å². The zero-order valence-electron chi connectivity index (χ0n) is 19.0. The van der Waals surface area contributed by atoms with Crippen LogP contribution in [0.15, 0.2) is 54.6 Å². The summed E-state index contributed by atoms with van der Waals surface area (Å²) >= 11 is 0. The Balaban J connectivity index is 1.66. The second kappa shape index (κ2) is 11.6. The van der Waals surface area contributed by atoms with Crippen LogP contribution in [0.1, 0.15) is 18.1 Å². The number of benzene rings is 2. The van der Waals surface area contributed by atoms with E-state index in [1.165, 1.54) is 6.08 Å². The van der Waals surface area contributed by atoms with Gasteiger partial charge >= 0.3 is 6.03 Å². The monoisotopic (exact) mass is 466 g/mol. The molecule has 1 heterocycles. The van der Waals surface area contributed by atoms with E-state index in [2.05, 4.69) is 6.58 Å². The van der Waals surface area contributed by atoms with Crippen molar-refractivity contribution in [1.29, 1.82) is 0 Å². The quantitative estimate of drug-likeness (QED) is 0.227. The van der Waals surface area contributed by atoms with Crippen molar-refractivity contribution in [2.24, 2.45) is 0 Å². The summed E-state index contributed by atoms with van der Waals surface area (Å²) in [6.07, 6.45) is 3.93. The lowest BCUT2D eigenvalue weighted by Gasteiger charge is -2.16. The van der Waals surface area contributed by atoms with E-state index in [9.17, 15) is 14.4 Å². The first kappa shape index (κ1) is 24.4. The van der Waals surface area contributed by atoms with Gasteiger partial charge in [-0.15, -0.1) is 6.58 Å². The SMILES string of the molecule is C=CCc1ccc(OCCOc2ccc(C=C3C(=O)NC(=O)NC3=O)cc2OCC)c(OC)c1. The van der Waals surface area contributed by atoms with Crippen LogP contribution in [0.5, 0.6) is 23.0 Å². The van der Waals surface area contributed by atoms with Crippen molar-refractivity contribution in [3.05, 3.63) is 65.8 Å². The number of hydrogen-bond acceptors (Lipinski definition) is 7. The van der Waals surface area contributed by atoms with Gasteiger partial charge in [0.25, 0.3) is 11.8 Å². The molecule has 2 aromatic rings. The number of urea groups is 1. The molecule has 4 amide bonds. The Bertz CT molecular complexity index is 1100. The van der Waals surface area contributed by atoms with Crippen LogP contribution in [-0.2, 0) is 16.0 Å². The van der Waals surface area contributed by atoms with Crippen LogP contribution in [-0.4, -0.2) is 44.8 Å². The molecular weight excluding hydrogens is 440 g/mol. The number of nitrogens with one attached hydrogen (secondary N) is 2. The summed E-state index contributed by atoms with van der Waals surface area (Å²) in [6, 6.07) is 9.83. The maximum atomic E-state index is 11.9. The molecule has 0 aromatic heterocycles. The zero-order valence-corrected chi connectivity index (χ0v) is 19.0. The van der Waals surface area contributed by atoms with Gasteiger partial charge in [0.05, 0.1) is 13.7 Å². The first-order valence-electron chi connectivity index (χ1n) is 10.6. The molecule has 0 atom stereocenters. The number of hydrogen-bond donors (Lipinski definition) is 2. The average molecular weight is 466 g/mol. The standard InChI is InChI=1S/C25H26N2O7/c1-4-6-16-7-9-19(21(14-16)31-3)33-11-12-34-20-10-8-17(15-22(20)32-5-2)13-18-23(28)26-25(30)27-24(18)29/h4,7-10,13-15H,1,5-6,11-12H2,2-3H3,(H2,26,27,28,29,30). The minimum absolute atomic E-state index is 0.183. The molecule has 0 bridgehead atoms. The Morgan fingerprint density at radius 1 is 0.853 bits per heavy atom. The molecule has 1 aliphatic rings. The zero-order chi connectivity index (χ0) is 24.5. The Hall–Kier alpha value is -4.27. The Morgan fingerprint density at radius 2 is 1.50 bits per heavy atom. The number of allylic oxidation sites excluding steroid dienone is 1. The molecular formula is C25H26N2O7. The Labute approximate surface area is 197 Å². The maximum Gasteiger partial charge on any atom is 0.328 e. The highest BCUT2D eigenvalue weighted by atomic mass is 16.5. The highest BCUT2D eigenvalue weighted by molar-refractivity contribution is 6.31. The topological polar surface area (TPSA) is 112 Å². The summed E-state index contributed by atoms with van der Waals surface area (Å²) in [5.74, 6) is 0.622. The Kier molecular flexibility index (Phi) is 8.28. The van der Waals surface area contributed by atoms with Gasteiger partial charge < -0.3 is 18.9 Å². The molecule has 178 valence electrons. The van der Waals surface area contributed by atoms with Gasteiger partial charge in [0, 0.05) is 0 Å². The van der Waals surface area contributed by atoms with Gasteiger partial charge in [-0.3, -0.25) is 20.2 Å². The predicted octanol–water partition coefficient (Wildman–Crippen LogP) is 3.03. The van der Waals surface area contributed by atoms with Crippen LogP contribution in [0.2, 0.25) is 0 Å². The third kappa shape index (κ3) is 6.16.